The third-order valence-corrected chi connectivity index (χ3v) is 7.07. The van der Waals surface area contributed by atoms with Crippen LogP contribution >= 0.6 is 0 Å². The highest BCUT2D eigenvalue weighted by atomic mass is 19.1. The second kappa shape index (κ2) is 5.94. The summed E-state index contributed by atoms with van der Waals surface area (Å²) in [6, 6.07) is 0.423. The number of methoxy groups -OCH3 is 1. The number of carboxylic acids is 1. The number of carboxylic acid groups (broad SMARTS) is 1. The molecule has 2 heterocycles. The molecule has 2 aliphatic carbocycles. The molecule has 1 unspecified atom stereocenters. The average molecular weight is 419 g/mol. The fourth-order valence-electron chi connectivity index (χ4n) is 4.99. The van der Waals surface area contributed by atoms with Crippen molar-refractivity contribution in [1.82, 2.24) is 4.57 Å². The van der Waals surface area contributed by atoms with Crippen LogP contribution in [-0.2, 0) is 0 Å². The molecule has 5 rings (SSSR count). The lowest BCUT2D eigenvalue weighted by atomic mass is 9.87. The molecule has 7 nitrogen and oxygen atoms in total. The van der Waals surface area contributed by atoms with E-state index in [0.717, 1.165) is 25.1 Å². The van der Waals surface area contributed by atoms with E-state index < -0.39 is 40.5 Å². The molecule has 0 bridgehead atoms. The van der Waals surface area contributed by atoms with E-state index >= 15 is 4.39 Å². The van der Waals surface area contributed by atoms with Crippen molar-refractivity contribution in [1.29, 1.82) is 0 Å². The second-order valence-corrected chi connectivity index (χ2v) is 9.09. The number of ether oxygens (including phenoxy) is 1. The zero-order valence-electron chi connectivity index (χ0n) is 16.7. The molecule has 0 radical (unpaired) electrons. The topological polar surface area (TPSA) is 97.8 Å². The van der Waals surface area contributed by atoms with E-state index in [9.17, 15) is 19.1 Å². The summed E-state index contributed by atoms with van der Waals surface area (Å²) in [5.41, 5.74) is 4.98. The van der Waals surface area contributed by atoms with Gasteiger partial charge >= 0.3 is 5.97 Å². The van der Waals surface area contributed by atoms with Crippen molar-refractivity contribution >= 4 is 22.6 Å². The predicted octanol–water partition coefficient (Wildman–Crippen LogP) is 2.45. The summed E-state index contributed by atoms with van der Waals surface area (Å²) in [6.45, 7) is 2.93. The molecule has 3 N–H and O–H groups in total. The standard InChI is InChI=1S/C21H23F2N3O4/c1-20(24)8-25(9-21(20)3-4-21)16-13(23)5-10-15(18(16)30-2)26(14-6-12(14)22)7-11(17(10)27)19(28)29/h5,7,12,14H,3-4,6,8-9,24H2,1-2H3,(H,28,29)/t12-,14?,20+/m0/s1. The highest BCUT2D eigenvalue weighted by Crippen LogP contribution is 2.59. The minimum absolute atomic E-state index is 0.0766. The van der Waals surface area contributed by atoms with Gasteiger partial charge in [-0.3, -0.25) is 4.79 Å². The number of pyridine rings is 1. The van der Waals surface area contributed by atoms with E-state index in [1.165, 1.54) is 11.7 Å². The Balaban J connectivity index is 1.78. The smallest absolute Gasteiger partial charge is 0.341 e. The molecule has 3 fully saturated rings. The molecule has 3 atom stereocenters. The van der Waals surface area contributed by atoms with Gasteiger partial charge in [0.05, 0.1) is 24.1 Å². The maximum absolute atomic E-state index is 15.3. The first-order valence-electron chi connectivity index (χ1n) is 9.97. The normalized spacial score (nSPS) is 28.9. The molecule has 2 saturated carbocycles. The summed E-state index contributed by atoms with van der Waals surface area (Å²) in [7, 11) is 1.36. The minimum Gasteiger partial charge on any atom is -0.492 e. The van der Waals surface area contributed by atoms with E-state index in [0.29, 0.717) is 13.1 Å². The van der Waals surface area contributed by atoms with Crippen molar-refractivity contribution in [2.24, 2.45) is 11.1 Å². The van der Waals surface area contributed by atoms with Crippen LogP contribution in [0, 0.1) is 11.2 Å². The molecule has 2 aromatic rings. The molecule has 160 valence electrons. The van der Waals surface area contributed by atoms with E-state index in [-0.39, 0.29) is 34.2 Å². The average Bonchev–Trinajstić information content (AvgIpc) is 3.57. The van der Waals surface area contributed by atoms with Crippen LogP contribution < -0.4 is 20.8 Å². The van der Waals surface area contributed by atoms with Crippen LogP contribution in [0.15, 0.2) is 17.1 Å². The van der Waals surface area contributed by atoms with Gasteiger partial charge in [0.15, 0.2) is 11.6 Å². The van der Waals surface area contributed by atoms with Gasteiger partial charge in [-0.1, -0.05) is 0 Å². The second-order valence-electron chi connectivity index (χ2n) is 9.09. The number of nitrogens with zero attached hydrogens (tertiary/aromatic N) is 2. The number of aromatic carboxylic acids is 1. The van der Waals surface area contributed by atoms with E-state index in [1.54, 1.807) is 0 Å². The Kier molecular flexibility index (Phi) is 3.82. The summed E-state index contributed by atoms with van der Waals surface area (Å²) >= 11 is 0. The zero-order valence-corrected chi connectivity index (χ0v) is 16.7. The van der Waals surface area contributed by atoms with Gasteiger partial charge in [0.2, 0.25) is 5.43 Å². The third kappa shape index (κ3) is 2.50. The van der Waals surface area contributed by atoms with Gasteiger partial charge in [0, 0.05) is 36.7 Å². The lowest BCUT2D eigenvalue weighted by Gasteiger charge is -2.26. The molecular weight excluding hydrogens is 396 g/mol. The molecule has 1 saturated heterocycles. The van der Waals surface area contributed by atoms with E-state index in [4.69, 9.17) is 10.5 Å². The zero-order chi connectivity index (χ0) is 21.6. The molecule has 0 amide bonds. The number of alkyl halides is 1. The fourth-order valence-corrected chi connectivity index (χ4v) is 4.99. The summed E-state index contributed by atoms with van der Waals surface area (Å²) in [5.74, 6) is -2.03. The van der Waals surface area contributed by atoms with Gasteiger partial charge in [0.25, 0.3) is 0 Å². The summed E-state index contributed by atoms with van der Waals surface area (Å²) in [6.07, 6.45) is 2.10. The summed E-state index contributed by atoms with van der Waals surface area (Å²) in [5, 5.41) is 9.27. The van der Waals surface area contributed by atoms with Crippen molar-refractivity contribution in [3.05, 3.63) is 33.9 Å². The number of nitrogens with two attached hydrogens (primary N) is 1. The number of aromatic nitrogens is 1. The van der Waals surface area contributed by atoms with Gasteiger partial charge < -0.3 is 25.0 Å². The Labute approximate surface area is 171 Å². The van der Waals surface area contributed by atoms with Gasteiger partial charge in [-0.25, -0.2) is 13.6 Å². The highest BCUT2D eigenvalue weighted by Gasteiger charge is 2.61. The molecule has 9 heteroatoms. The first-order chi connectivity index (χ1) is 14.1. The number of rotatable bonds is 4. The van der Waals surface area contributed by atoms with Crippen LogP contribution in [0.4, 0.5) is 14.5 Å². The molecular formula is C21H23F2N3O4. The van der Waals surface area contributed by atoms with Gasteiger partial charge in [-0.2, -0.15) is 0 Å². The van der Waals surface area contributed by atoms with Crippen LogP contribution in [-0.4, -0.2) is 47.6 Å². The minimum atomic E-state index is -1.44. The van der Waals surface area contributed by atoms with Crippen LogP contribution in [0.25, 0.3) is 10.9 Å². The van der Waals surface area contributed by atoms with Crippen LogP contribution in [0.3, 0.4) is 0 Å². The molecule has 1 spiro atoms. The number of hydrogen-bond acceptors (Lipinski definition) is 5. The van der Waals surface area contributed by atoms with Gasteiger partial charge in [0.1, 0.15) is 17.4 Å². The molecule has 1 aromatic heterocycles. The maximum atomic E-state index is 15.3. The molecule has 1 aromatic carbocycles. The van der Waals surface area contributed by atoms with Gasteiger partial charge in [-0.05, 0) is 25.8 Å². The van der Waals surface area contributed by atoms with Crippen molar-refractivity contribution in [3.63, 3.8) is 0 Å². The number of hydrogen-bond donors (Lipinski definition) is 2. The number of fused-ring (bicyclic) bond motifs is 1. The van der Waals surface area contributed by atoms with E-state index in [2.05, 4.69) is 0 Å². The lowest BCUT2D eigenvalue weighted by molar-refractivity contribution is 0.0694. The summed E-state index contributed by atoms with van der Waals surface area (Å²) < 4.78 is 36.3. The number of benzene rings is 1. The van der Waals surface area contributed by atoms with Crippen LogP contribution in [0.5, 0.6) is 5.75 Å². The Morgan fingerprint density at radius 2 is 2.03 bits per heavy atom. The van der Waals surface area contributed by atoms with Crippen molar-refractivity contribution in [3.8, 4) is 5.75 Å². The van der Waals surface area contributed by atoms with Crippen molar-refractivity contribution < 1.29 is 23.4 Å². The fraction of sp³-hybridized carbons (Fsp3) is 0.524. The molecule has 3 aliphatic rings. The quantitative estimate of drug-likeness (QED) is 0.790. The Morgan fingerprint density at radius 1 is 1.37 bits per heavy atom. The SMILES string of the molecule is COc1c(N2CC3(CC3)[C@](C)(N)C2)c(F)cc2c(=O)c(C(=O)O)cn(C3C[C@@H]3F)c12. The highest BCUT2D eigenvalue weighted by molar-refractivity contribution is 5.97. The number of halogens is 2. The number of carbonyl (C=O) groups is 1. The van der Waals surface area contributed by atoms with Crippen molar-refractivity contribution in [2.75, 3.05) is 25.1 Å². The maximum Gasteiger partial charge on any atom is 0.341 e. The number of anilines is 1. The Morgan fingerprint density at radius 3 is 2.53 bits per heavy atom. The Hall–Kier alpha value is -2.68. The monoisotopic (exact) mass is 419 g/mol. The predicted molar refractivity (Wildman–Crippen MR) is 107 cm³/mol. The molecule has 1 aliphatic heterocycles. The third-order valence-electron chi connectivity index (χ3n) is 7.07. The molecule has 30 heavy (non-hydrogen) atoms. The van der Waals surface area contributed by atoms with Gasteiger partial charge in [-0.15, -0.1) is 0 Å². The lowest BCUT2D eigenvalue weighted by Crippen LogP contribution is -2.45. The largest absolute Gasteiger partial charge is 0.492 e. The van der Waals surface area contributed by atoms with Crippen LogP contribution in [0.2, 0.25) is 0 Å². The van der Waals surface area contributed by atoms with E-state index in [1.807, 2.05) is 11.8 Å². The van der Waals surface area contributed by atoms with Crippen LogP contribution in [0.1, 0.15) is 42.6 Å². The first-order valence-corrected chi connectivity index (χ1v) is 9.97. The Bertz CT molecular complexity index is 1150. The summed E-state index contributed by atoms with van der Waals surface area (Å²) in [4.78, 5) is 26.2. The first kappa shape index (κ1) is 19.3. The van der Waals surface area contributed by atoms with Crippen molar-refractivity contribution in [2.45, 2.75) is 43.9 Å².